The maximum atomic E-state index is 13.1. The summed E-state index contributed by atoms with van der Waals surface area (Å²) >= 11 is 2.29. The Morgan fingerprint density at radius 2 is 2.19 bits per heavy atom. The molecular formula is C20H23IO6. The van der Waals surface area contributed by atoms with Crippen LogP contribution in [0, 0.1) is 34.0 Å². The van der Waals surface area contributed by atoms with Crippen molar-refractivity contribution >= 4 is 40.3 Å². The number of ether oxygens (including phenoxy) is 2. The van der Waals surface area contributed by atoms with Gasteiger partial charge in [0, 0.05) is 22.2 Å². The van der Waals surface area contributed by atoms with Crippen LogP contribution in [0.2, 0.25) is 0 Å². The van der Waals surface area contributed by atoms with Crippen LogP contribution in [0.15, 0.2) is 11.6 Å². The molecule has 0 aromatic rings. The second-order valence-electron chi connectivity index (χ2n) is 9.26. The highest BCUT2D eigenvalue weighted by Crippen LogP contribution is 2.74. The van der Waals surface area contributed by atoms with E-state index in [0.717, 1.165) is 22.8 Å². The van der Waals surface area contributed by atoms with Crippen molar-refractivity contribution in [2.75, 3.05) is 11.5 Å². The van der Waals surface area contributed by atoms with Crippen LogP contribution in [0.3, 0.4) is 0 Å². The number of Topliss-reactive ketones (excluding diaryl/α,β-unsaturated/α-hetero) is 1. The lowest BCUT2D eigenvalue weighted by Crippen LogP contribution is -2.50. The normalized spacial score (nSPS) is 52.1. The zero-order chi connectivity index (χ0) is 19.4. The van der Waals surface area contributed by atoms with Gasteiger partial charge in [-0.3, -0.25) is 14.4 Å². The van der Waals surface area contributed by atoms with Crippen molar-refractivity contribution in [3.63, 3.8) is 0 Å². The lowest BCUT2D eigenvalue weighted by Gasteiger charge is -2.42. The number of allylic oxidation sites excluding steroid dienone is 1. The Kier molecular flexibility index (Phi) is 3.58. The highest BCUT2D eigenvalue weighted by Gasteiger charge is 2.76. The fourth-order valence-electron chi connectivity index (χ4n) is 7.14. The summed E-state index contributed by atoms with van der Waals surface area (Å²) in [6, 6.07) is 0. The molecule has 4 bridgehead atoms. The average Bonchev–Trinajstić information content (AvgIpc) is 3.11. The first-order chi connectivity index (χ1) is 12.7. The third-order valence-corrected chi connectivity index (χ3v) is 9.85. The number of rotatable bonds is 2. The van der Waals surface area contributed by atoms with Crippen LogP contribution in [0.4, 0.5) is 0 Å². The molecule has 8 unspecified atom stereocenters. The molecule has 1 heterocycles. The minimum Gasteiger partial charge on any atom is -0.469 e. The molecule has 6 nitrogen and oxygen atoms in total. The quantitative estimate of drug-likeness (QED) is 0.277. The molecule has 5 aliphatic rings. The van der Waals surface area contributed by atoms with Crippen molar-refractivity contribution in [2.24, 2.45) is 34.0 Å². The minimum atomic E-state index is -1.17. The number of esters is 2. The van der Waals surface area contributed by atoms with Crippen molar-refractivity contribution in [3.8, 4) is 0 Å². The van der Waals surface area contributed by atoms with Gasteiger partial charge in [0.2, 0.25) is 0 Å². The molecule has 1 spiro atoms. The lowest BCUT2D eigenvalue weighted by atomic mass is 9.60. The third kappa shape index (κ3) is 1.84. The van der Waals surface area contributed by atoms with Gasteiger partial charge in [-0.2, -0.15) is 0 Å². The fraction of sp³-hybridized carbons (Fsp3) is 0.750. The van der Waals surface area contributed by atoms with E-state index in [1.54, 1.807) is 6.92 Å². The summed E-state index contributed by atoms with van der Waals surface area (Å²) < 4.78 is 11.4. The molecule has 8 atom stereocenters. The van der Waals surface area contributed by atoms with E-state index in [4.69, 9.17) is 9.47 Å². The van der Waals surface area contributed by atoms with Gasteiger partial charge in [-0.05, 0) is 43.6 Å². The summed E-state index contributed by atoms with van der Waals surface area (Å²) in [4.78, 5) is 38.8. The molecule has 0 aromatic carbocycles. The first-order valence-electron chi connectivity index (χ1n) is 9.53. The van der Waals surface area contributed by atoms with Crippen LogP contribution in [0.25, 0.3) is 0 Å². The van der Waals surface area contributed by atoms with Crippen LogP contribution in [0.5, 0.6) is 0 Å². The van der Waals surface area contributed by atoms with Crippen LogP contribution >= 0.6 is 22.6 Å². The molecule has 0 radical (unpaired) electrons. The maximum Gasteiger partial charge on any atom is 0.315 e. The van der Waals surface area contributed by atoms with E-state index >= 15 is 0 Å². The van der Waals surface area contributed by atoms with E-state index in [-0.39, 0.29) is 23.1 Å². The summed E-state index contributed by atoms with van der Waals surface area (Å²) in [5.74, 6) is -1.58. The molecule has 0 amide bonds. The zero-order valence-corrected chi connectivity index (χ0v) is 17.5. The van der Waals surface area contributed by atoms with Gasteiger partial charge >= 0.3 is 11.9 Å². The monoisotopic (exact) mass is 486 g/mol. The number of ketones is 1. The number of hydrogen-bond acceptors (Lipinski definition) is 6. The van der Waals surface area contributed by atoms with Crippen LogP contribution in [-0.4, -0.2) is 46.6 Å². The van der Waals surface area contributed by atoms with Gasteiger partial charge in [0.05, 0.1) is 13.0 Å². The molecule has 7 heteroatoms. The lowest BCUT2D eigenvalue weighted by molar-refractivity contribution is -0.159. The summed E-state index contributed by atoms with van der Waals surface area (Å²) in [5, 5.41) is 10.8. The number of carbonyl (C=O) groups is 3. The van der Waals surface area contributed by atoms with E-state index in [9.17, 15) is 19.5 Å². The first-order valence-corrected chi connectivity index (χ1v) is 11.1. The molecule has 3 saturated carbocycles. The molecule has 4 aliphatic carbocycles. The number of hydrogen-bond donors (Lipinski definition) is 1. The van der Waals surface area contributed by atoms with Gasteiger partial charge in [0.25, 0.3) is 0 Å². The van der Waals surface area contributed by atoms with Crippen LogP contribution in [-0.2, 0) is 23.9 Å². The summed E-state index contributed by atoms with van der Waals surface area (Å²) in [5.41, 5.74) is -1.00. The van der Waals surface area contributed by atoms with Crippen molar-refractivity contribution in [2.45, 2.75) is 44.8 Å². The number of fused-ring (bicyclic) bond motifs is 6. The Balaban J connectivity index is 1.73. The zero-order valence-electron chi connectivity index (χ0n) is 15.4. The molecule has 1 N–H and O–H groups in total. The van der Waals surface area contributed by atoms with Crippen LogP contribution < -0.4 is 0 Å². The van der Waals surface area contributed by atoms with Crippen molar-refractivity contribution in [3.05, 3.63) is 11.6 Å². The molecule has 1 aliphatic heterocycles. The van der Waals surface area contributed by atoms with Gasteiger partial charge in [0.15, 0.2) is 0 Å². The third-order valence-electron chi connectivity index (χ3n) is 8.39. The predicted octanol–water partition coefficient (Wildman–Crippen LogP) is 1.82. The van der Waals surface area contributed by atoms with Gasteiger partial charge < -0.3 is 14.6 Å². The Bertz CT molecular complexity index is 806. The molecule has 1 saturated heterocycles. The molecule has 5 rings (SSSR count). The molecule has 27 heavy (non-hydrogen) atoms. The Morgan fingerprint density at radius 1 is 1.44 bits per heavy atom. The van der Waals surface area contributed by atoms with E-state index in [1.807, 2.05) is 6.08 Å². The van der Waals surface area contributed by atoms with E-state index in [2.05, 4.69) is 22.6 Å². The van der Waals surface area contributed by atoms with Gasteiger partial charge in [0.1, 0.15) is 23.4 Å². The van der Waals surface area contributed by atoms with Gasteiger partial charge in [-0.25, -0.2) is 0 Å². The average molecular weight is 486 g/mol. The van der Waals surface area contributed by atoms with Crippen LogP contribution in [0.1, 0.15) is 32.6 Å². The number of aliphatic hydroxyl groups excluding tert-OH is 1. The maximum absolute atomic E-state index is 13.1. The molecular weight excluding hydrogens is 463 g/mol. The first kappa shape index (κ1) is 18.1. The standard InChI is InChI=1S/C20H23IO6/c1-18-13-9(5-11(15(18)23)27-17(18)25)10-3-4-19(8-21)7-20(10,6-12(19)22)14(13)16(24)26-2/h5,10-11,13-15,23H,3-4,6-8H2,1-2H3. The topological polar surface area (TPSA) is 89.9 Å². The molecule has 4 fully saturated rings. The van der Waals surface area contributed by atoms with E-state index in [1.165, 1.54) is 7.11 Å². The van der Waals surface area contributed by atoms with Crippen molar-refractivity contribution in [1.29, 1.82) is 0 Å². The van der Waals surface area contributed by atoms with Crippen molar-refractivity contribution < 1.29 is 29.0 Å². The number of alkyl halides is 1. The van der Waals surface area contributed by atoms with E-state index < -0.39 is 40.8 Å². The Hall–Kier alpha value is -0.960. The second kappa shape index (κ2) is 5.34. The van der Waals surface area contributed by atoms with Gasteiger partial charge in [-0.15, -0.1) is 0 Å². The number of halogens is 1. The molecule has 146 valence electrons. The number of carbonyl (C=O) groups excluding carboxylic acids is 3. The highest BCUT2D eigenvalue weighted by molar-refractivity contribution is 14.1. The summed E-state index contributed by atoms with van der Waals surface area (Å²) in [6.07, 6.45) is 2.92. The highest BCUT2D eigenvalue weighted by atomic mass is 127. The van der Waals surface area contributed by atoms with Crippen molar-refractivity contribution in [1.82, 2.24) is 0 Å². The predicted molar refractivity (Wildman–Crippen MR) is 102 cm³/mol. The van der Waals surface area contributed by atoms with Gasteiger partial charge in [-0.1, -0.05) is 28.2 Å². The number of methoxy groups -OCH3 is 1. The molecule has 0 aromatic heterocycles. The summed E-state index contributed by atoms with van der Waals surface area (Å²) in [6.45, 7) is 1.71. The summed E-state index contributed by atoms with van der Waals surface area (Å²) in [7, 11) is 1.36. The smallest absolute Gasteiger partial charge is 0.315 e. The second-order valence-corrected chi connectivity index (χ2v) is 10.0. The Labute approximate surface area is 171 Å². The Morgan fingerprint density at radius 3 is 2.85 bits per heavy atom. The number of aliphatic hydroxyl groups is 1. The largest absolute Gasteiger partial charge is 0.469 e. The SMILES string of the molecule is COC(=O)C1C2C(=CC3OC(=O)C2(C)C3O)C2CCC3(CI)CC21CC3=O. The minimum absolute atomic E-state index is 0.0675. The fourth-order valence-corrected chi connectivity index (χ4v) is 8.21. The van der Waals surface area contributed by atoms with E-state index in [0.29, 0.717) is 12.8 Å².